The van der Waals surface area contributed by atoms with Crippen molar-refractivity contribution in [1.29, 1.82) is 0 Å². The highest BCUT2D eigenvalue weighted by Crippen LogP contribution is 2.03. The van der Waals surface area contributed by atoms with Crippen LogP contribution in [0.1, 0.15) is 18.9 Å². The predicted molar refractivity (Wildman–Crippen MR) is 83.7 cm³/mol. The third kappa shape index (κ3) is 6.71. The molecule has 1 unspecified atom stereocenters. The maximum atomic E-state index is 11.7. The van der Waals surface area contributed by atoms with Gasteiger partial charge < -0.3 is 14.8 Å². The van der Waals surface area contributed by atoms with Crippen LogP contribution in [0.2, 0.25) is 0 Å². The highest BCUT2D eigenvalue weighted by atomic mass is 32.2. The van der Waals surface area contributed by atoms with E-state index in [1.807, 2.05) is 30.3 Å². The molecule has 6 nitrogen and oxygen atoms in total. The van der Waals surface area contributed by atoms with Crippen molar-refractivity contribution in [3.63, 3.8) is 0 Å². The van der Waals surface area contributed by atoms with Crippen LogP contribution < -0.4 is 5.32 Å². The number of carbonyl (C=O) groups excluding carboxylic acids is 2. The second kappa shape index (κ2) is 9.94. The van der Waals surface area contributed by atoms with Crippen molar-refractivity contribution in [2.24, 2.45) is 0 Å². The van der Waals surface area contributed by atoms with Crippen molar-refractivity contribution in [2.45, 2.75) is 26.0 Å². The molecule has 1 aromatic rings. The minimum atomic E-state index is -1.01. The molecule has 0 fully saturated rings. The fourth-order valence-electron chi connectivity index (χ4n) is 1.69. The third-order valence-corrected chi connectivity index (χ3v) is 4.28. The van der Waals surface area contributed by atoms with Crippen LogP contribution in [-0.4, -0.2) is 40.9 Å². The quantitative estimate of drug-likeness (QED) is 0.734. The van der Waals surface area contributed by atoms with Crippen molar-refractivity contribution in [2.75, 3.05) is 18.6 Å². The number of rotatable bonds is 8. The molecule has 1 amide bonds. The Kier molecular flexibility index (Phi) is 8.21. The van der Waals surface area contributed by atoms with E-state index in [1.165, 1.54) is 7.11 Å². The van der Waals surface area contributed by atoms with E-state index in [1.54, 1.807) is 6.92 Å². The number of nitrogens with one attached hydrogen (secondary N) is 1. The normalized spacial score (nSPS) is 13.0. The van der Waals surface area contributed by atoms with Gasteiger partial charge in [-0.3, -0.25) is 4.21 Å². The Labute approximate surface area is 132 Å². The van der Waals surface area contributed by atoms with Crippen molar-refractivity contribution in [3.8, 4) is 0 Å². The summed E-state index contributed by atoms with van der Waals surface area (Å²) in [7, 11) is 0.225. The number of esters is 1. The molecule has 1 aromatic carbocycles. The molecular formula is C15H21NO5S. The van der Waals surface area contributed by atoms with E-state index in [-0.39, 0.29) is 13.0 Å². The zero-order valence-electron chi connectivity index (χ0n) is 12.7. The second-order valence-electron chi connectivity index (χ2n) is 4.50. The zero-order valence-corrected chi connectivity index (χ0v) is 13.6. The summed E-state index contributed by atoms with van der Waals surface area (Å²) in [4.78, 5) is 23.4. The lowest BCUT2D eigenvalue weighted by molar-refractivity contribution is -0.143. The third-order valence-electron chi connectivity index (χ3n) is 2.95. The number of benzene rings is 1. The van der Waals surface area contributed by atoms with Crippen LogP contribution in [0.4, 0.5) is 4.79 Å². The first-order valence-corrected chi connectivity index (χ1v) is 8.45. The largest absolute Gasteiger partial charge is 0.467 e. The minimum absolute atomic E-state index is 0.113. The summed E-state index contributed by atoms with van der Waals surface area (Å²) in [6.07, 6.45) is -0.463. The molecule has 22 heavy (non-hydrogen) atoms. The van der Waals surface area contributed by atoms with Crippen LogP contribution in [0.3, 0.4) is 0 Å². The van der Waals surface area contributed by atoms with Gasteiger partial charge in [0.2, 0.25) is 0 Å². The molecule has 122 valence electrons. The lowest BCUT2D eigenvalue weighted by Gasteiger charge is -2.16. The first-order chi connectivity index (χ1) is 10.6. The fourth-order valence-corrected chi connectivity index (χ4v) is 2.48. The maximum absolute atomic E-state index is 11.7. The second-order valence-corrected chi connectivity index (χ2v) is 6.37. The van der Waals surface area contributed by atoms with Gasteiger partial charge in [-0.25, -0.2) is 9.59 Å². The van der Waals surface area contributed by atoms with Crippen molar-refractivity contribution >= 4 is 22.9 Å². The van der Waals surface area contributed by atoms with Crippen LogP contribution in [0.5, 0.6) is 0 Å². The van der Waals surface area contributed by atoms with E-state index >= 15 is 0 Å². The molecule has 0 spiro atoms. The summed E-state index contributed by atoms with van der Waals surface area (Å²) >= 11 is 0. The molecule has 0 aliphatic carbocycles. The van der Waals surface area contributed by atoms with E-state index in [0.29, 0.717) is 11.5 Å². The van der Waals surface area contributed by atoms with Crippen LogP contribution in [0, 0.1) is 0 Å². The summed E-state index contributed by atoms with van der Waals surface area (Å²) in [5, 5.41) is 2.45. The van der Waals surface area contributed by atoms with Gasteiger partial charge in [0.05, 0.1) is 7.11 Å². The maximum Gasteiger partial charge on any atom is 0.408 e. The number of amides is 1. The predicted octanol–water partition coefficient (Wildman–Crippen LogP) is 1.61. The molecule has 1 N–H and O–H groups in total. The number of ether oxygens (including phenoxy) is 2. The average Bonchev–Trinajstić information content (AvgIpc) is 2.56. The van der Waals surface area contributed by atoms with E-state index in [2.05, 4.69) is 10.1 Å². The van der Waals surface area contributed by atoms with Crippen LogP contribution in [-0.2, 0) is 31.7 Å². The first-order valence-electron chi connectivity index (χ1n) is 6.96. The van der Waals surface area contributed by atoms with Gasteiger partial charge in [-0.05, 0) is 12.0 Å². The molecule has 0 heterocycles. The Balaban J connectivity index is 2.48. The van der Waals surface area contributed by atoms with E-state index in [0.717, 1.165) is 5.56 Å². The van der Waals surface area contributed by atoms with Crippen molar-refractivity contribution in [1.82, 2.24) is 5.32 Å². The van der Waals surface area contributed by atoms with Gasteiger partial charge in [-0.2, -0.15) is 0 Å². The van der Waals surface area contributed by atoms with Crippen molar-refractivity contribution < 1.29 is 23.3 Å². The smallest absolute Gasteiger partial charge is 0.408 e. The SMILES string of the molecule is CCS(=O)CC[C@H](NC(=O)OCc1ccccc1)C(=O)OC. The molecule has 0 aliphatic rings. The molecule has 2 atom stereocenters. The number of methoxy groups -OCH3 is 1. The van der Waals surface area contributed by atoms with Gasteiger partial charge in [-0.15, -0.1) is 0 Å². The summed E-state index contributed by atoms with van der Waals surface area (Å²) in [5.74, 6) is 0.242. The molecule has 0 aliphatic heterocycles. The number of carbonyl (C=O) groups is 2. The van der Waals surface area contributed by atoms with Crippen LogP contribution in [0.15, 0.2) is 30.3 Å². The molecule has 0 bridgehead atoms. The lowest BCUT2D eigenvalue weighted by Crippen LogP contribution is -2.42. The van der Waals surface area contributed by atoms with E-state index in [9.17, 15) is 13.8 Å². The topological polar surface area (TPSA) is 81.7 Å². The van der Waals surface area contributed by atoms with Crippen LogP contribution in [0.25, 0.3) is 0 Å². The fraction of sp³-hybridized carbons (Fsp3) is 0.467. The summed E-state index contributed by atoms with van der Waals surface area (Å²) < 4.78 is 21.1. The molecule has 0 aromatic heterocycles. The van der Waals surface area contributed by atoms with E-state index < -0.39 is 28.9 Å². The Morgan fingerprint density at radius 3 is 2.55 bits per heavy atom. The summed E-state index contributed by atoms with van der Waals surface area (Å²) in [6.45, 7) is 1.91. The molecule has 7 heteroatoms. The van der Waals surface area contributed by atoms with Crippen molar-refractivity contribution in [3.05, 3.63) is 35.9 Å². The highest BCUT2D eigenvalue weighted by Gasteiger charge is 2.22. The molecular weight excluding hydrogens is 306 g/mol. The Hall–Kier alpha value is -1.89. The van der Waals surface area contributed by atoms with Gasteiger partial charge in [-0.1, -0.05) is 37.3 Å². The van der Waals surface area contributed by atoms with Gasteiger partial charge >= 0.3 is 12.1 Å². The number of hydrogen-bond acceptors (Lipinski definition) is 5. The zero-order chi connectivity index (χ0) is 16.4. The highest BCUT2D eigenvalue weighted by molar-refractivity contribution is 7.84. The van der Waals surface area contributed by atoms with Gasteiger partial charge in [0.25, 0.3) is 0 Å². The number of alkyl carbamates (subject to hydrolysis) is 1. The first kappa shape index (κ1) is 18.2. The molecule has 0 saturated carbocycles. The number of hydrogen-bond donors (Lipinski definition) is 1. The molecule has 0 saturated heterocycles. The Morgan fingerprint density at radius 2 is 1.95 bits per heavy atom. The van der Waals surface area contributed by atoms with Gasteiger partial charge in [0, 0.05) is 22.3 Å². The minimum Gasteiger partial charge on any atom is -0.467 e. The summed E-state index contributed by atoms with van der Waals surface area (Å²) in [5.41, 5.74) is 0.847. The lowest BCUT2D eigenvalue weighted by atomic mass is 10.2. The standard InChI is InChI=1S/C15H21NO5S/c1-3-22(19)10-9-13(14(17)20-2)16-15(18)21-11-12-7-5-4-6-8-12/h4-8,13H,3,9-11H2,1-2H3,(H,16,18)/t13-,22?/m0/s1. The molecule has 1 rings (SSSR count). The molecule has 0 radical (unpaired) electrons. The summed E-state index contributed by atoms with van der Waals surface area (Å²) in [6, 6.07) is 8.35. The van der Waals surface area contributed by atoms with E-state index in [4.69, 9.17) is 4.74 Å². The Bertz CT molecular complexity index is 506. The van der Waals surface area contributed by atoms with Gasteiger partial charge in [0.1, 0.15) is 12.6 Å². The average molecular weight is 327 g/mol. The Morgan fingerprint density at radius 1 is 1.27 bits per heavy atom. The monoisotopic (exact) mass is 327 g/mol. The van der Waals surface area contributed by atoms with Crippen LogP contribution >= 0.6 is 0 Å². The van der Waals surface area contributed by atoms with Gasteiger partial charge in [0.15, 0.2) is 0 Å².